The Morgan fingerprint density at radius 2 is 1.68 bits per heavy atom. The summed E-state index contributed by atoms with van der Waals surface area (Å²) in [6.07, 6.45) is 10.8. The molecule has 0 radical (unpaired) electrons. The van der Waals surface area contributed by atoms with Gasteiger partial charge in [0.15, 0.2) is 5.82 Å². The summed E-state index contributed by atoms with van der Waals surface area (Å²) in [6.45, 7) is 7.81. The lowest BCUT2D eigenvalue weighted by Crippen LogP contribution is -2.62. The zero-order chi connectivity index (χ0) is 40.0. The molecule has 5 aliphatic heterocycles. The number of aromatic nitrogens is 4. The van der Waals surface area contributed by atoms with Crippen LogP contribution in [-0.2, 0) is 20.9 Å². The minimum atomic E-state index is -0.762. The standard InChI is InChI=1S/C44H50FN9O5/c1-43(10-11-43)59-28-2-4-33-31(20-28)40(50-49-33)34-21-37(47-25-46-34)53-23-44(24-53)12-16-51(17-13-44)26-18-29(19-26)58-27-8-14-52(15-9-27)35-5-3-30-32(39(35)45)22-54(42(30)57)36-6-7-38(55)48-41(36)56/h2-5,20-21,25-27,29,36H,6-19,22-24H2,1H3,(H,49,50)(H,48,55,56). The maximum Gasteiger partial charge on any atom is 0.255 e. The number of aromatic amines is 1. The van der Waals surface area contributed by atoms with Crippen LogP contribution in [0.4, 0.5) is 15.9 Å². The molecule has 59 heavy (non-hydrogen) atoms. The molecule has 14 nitrogen and oxygen atoms in total. The molecule has 4 saturated heterocycles. The van der Waals surface area contributed by atoms with Gasteiger partial charge in [0.1, 0.15) is 29.5 Å². The molecule has 4 aromatic rings. The van der Waals surface area contributed by atoms with Gasteiger partial charge in [0.2, 0.25) is 11.8 Å². The summed E-state index contributed by atoms with van der Waals surface area (Å²) in [7, 11) is 0. The number of piperidine rings is 3. The Hall–Kier alpha value is -5.15. The summed E-state index contributed by atoms with van der Waals surface area (Å²) in [5, 5.41) is 11.0. The fraction of sp³-hybridized carbons (Fsp3) is 0.545. The van der Waals surface area contributed by atoms with Gasteiger partial charge in [-0.2, -0.15) is 5.10 Å². The minimum Gasteiger partial charge on any atom is -0.488 e. The van der Waals surface area contributed by atoms with Crippen LogP contribution in [0.3, 0.4) is 0 Å². The number of H-pyrrole nitrogens is 1. The Bertz CT molecular complexity index is 2340. The Balaban J connectivity index is 0.632. The van der Waals surface area contributed by atoms with Gasteiger partial charge in [0, 0.05) is 66.6 Å². The number of halogens is 1. The number of rotatable bonds is 9. The van der Waals surface area contributed by atoms with Crippen molar-refractivity contribution in [2.45, 2.75) is 108 Å². The maximum absolute atomic E-state index is 15.9. The van der Waals surface area contributed by atoms with Crippen molar-refractivity contribution < 1.29 is 28.2 Å². The van der Waals surface area contributed by atoms with Gasteiger partial charge in [-0.15, -0.1) is 0 Å². The molecule has 15 heteroatoms. The van der Waals surface area contributed by atoms with E-state index in [-0.39, 0.29) is 49.0 Å². The highest BCUT2D eigenvalue weighted by molar-refractivity contribution is 6.05. The summed E-state index contributed by atoms with van der Waals surface area (Å²) >= 11 is 0. The first kappa shape index (κ1) is 36.9. The Labute approximate surface area is 341 Å². The highest BCUT2D eigenvalue weighted by Gasteiger charge is 2.48. The number of amides is 3. The van der Waals surface area contributed by atoms with Gasteiger partial charge in [0.25, 0.3) is 5.91 Å². The summed E-state index contributed by atoms with van der Waals surface area (Å²) < 4.78 is 28.7. The van der Waals surface area contributed by atoms with E-state index >= 15 is 4.39 Å². The summed E-state index contributed by atoms with van der Waals surface area (Å²) in [5.41, 5.74) is 4.03. The Kier molecular flexibility index (Phi) is 8.74. The molecule has 2 saturated carbocycles. The molecule has 2 N–H and O–H groups in total. The van der Waals surface area contributed by atoms with Gasteiger partial charge < -0.3 is 29.1 Å². The van der Waals surface area contributed by atoms with Crippen LogP contribution < -0.4 is 19.9 Å². The second-order valence-corrected chi connectivity index (χ2v) is 18.4. The number of benzene rings is 2. The van der Waals surface area contributed by atoms with Crippen LogP contribution in [0.25, 0.3) is 22.3 Å². The quantitative estimate of drug-likeness (QED) is 0.221. The van der Waals surface area contributed by atoms with Crippen LogP contribution in [0.15, 0.2) is 42.7 Å². The fourth-order valence-corrected chi connectivity index (χ4v) is 10.4. The molecule has 3 amide bonds. The van der Waals surface area contributed by atoms with Crippen molar-refractivity contribution in [2.24, 2.45) is 5.41 Å². The van der Waals surface area contributed by atoms with Crippen LogP contribution in [0.1, 0.15) is 87.1 Å². The van der Waals surface area contributed by atoms with Gasteiger partial charge >= 0.3 is 0 Å². The molecule has 7 aliphatic rings. The Morgan fingerprint density at radius 3 is 2.44 bits per heavy atom. The smallest absolute Gasteiger partial charge is 0.255 e. The molecule has 7 heterocycles. The molecule has 6 fully saturated rings. The van der Waals surface area contributed by atoms with E-state index in [1.807, 2.05) is 12.1 Å². The molecule has 2 aromatic heterocycles. The van der Waals surface area contributed by atoms with E-state index in [0.29, 0.717) is 41.4 Å². The number of likely N-dealkylation sites (tertiary alicyclic amines) is 1. The van der Waals surface area contributed by atoms with Crippen LogP contribution in [0, 0.1) is 11.2 Å². The average Bonchev–Trinajstić information content (AvgIpc) is 3.62. The number of carbonyl (C=O) groups is 3. The lowest BCUT2D eigenvalue weighted by Gasteiger charge is -2.56. The van der Waals surface area contributed by atoms with E-state index in [9.17, 15) is 14.4 Å². The molecular weight excluding hydrogens is 754 g/mol. The van der Waals surface area contributed by atoms with Gasteiger partial charge in [-0.1, -0.05) is 0 Å². The first-order chi connectivity index (χ1) is 28.6. The number of ether oxygens (including phenoxy) is 2. The highest BCUT2D eigenvalue weighted by atomic mass is 19.1. The molecule has 2 aliphatic carbocycles. The number of imide groups is 1. The van der Waals surface area contributed by atoms with Gasteiger partial charge in [-0.05, 0) is 108 Å². The Morgan fingerprint density at radius 1 is 0.881 bits per heavy atom. The van der Waals surface area contributed by atoms with Gasteiger partial charge in [0.05, 0.1) is 41.3 Å². The van der Waals surface area contributed by atoms with Gasteiger partial charge in [-0.25, -0.2) is 14.4 Å². The predicted molar refractivity (Wildman–Crippen MR) is 216 cm³/mol. The molecule has 308 valence electrons. The zero-order valence-electron chi connectivity index (χ0n) is 33.4. The number of fused-ring (bicyclic) bond motifs is 2. The lowest BCUT2D eigenvalue weighted by molar-refractivity contribution is -0.136. The first-order valence-electron chi connectivity index (χ1n) is 21.4. The van der Waals surface area contributed by atoms with E-state index < -0.39 is 17.8 Å². The molecule has 1 unspecified atom stereocenters. The fourth-order valence-electron chi connectivity index (χ4n) is 10.4. The summed E-state index contributed by atoms with van der Waals surface area (Å²) in [6, 6.07) is 11.3. The van der Waals surface area contributed by atoms with Crippen molar-refractivity contribution in [1.82, 2.24) is 35.3 Å². The largest absolute Gasteiger partial charge is 0.488 e. The molecule has 11 rings (SSSR count). The number of carbonyl (C=O) groups excluding carboxylic acids is 3. The number of nitrogens with one attached hydrogen (secondary N) is 2. The van der Waals surface area contributed by atoms with Gasteiger partial charge in [-0.3, -0.25) is 24.8 Å². The van der Waals surface area contributed by atoms with E-state index in [0.717, 1.165) is 98.6 Å². The van der Waals surface area contributed by atoms with Crippen molar-refractivity contribution in [3.63, 3.8) is 0 Å². The number of anilines is 2. The van der Waals surface area contributed by atoms with Crippen LogP contribution in [0.5, 0.6) is 5.75 Å². The zero-order valence-corrected chi connectivity index (χ0v) is 33.4. The van der Waals surface area contributed by atoms with Crippen LogP contribution in [0.2, 0.25) is 0 Å². The van der Waals surface area contributed by atoms with E-state index in [1.54, 1.807) is 18.5 Å². The van der Waals surface area contributed by atoms with E-state index in [1.165, 1.54) is 17.7 Å². The molecule has 0 bridgehead atoms. The SMILES string of the molecule is CC1(Oc2ccc3n[nH]c(-c4cc(N5CC6(CCN(C7CC(OC8CCN(c9ccc%10c(c9F)CN(C9CCC(=O)NC9=O)C%10=O)CC8)C7)CC6)C5)ncn4)c3c2)CC1. The average molecular weight is 804 g/mol. The third kappa shape index (κ3) is 6.70. The van der Waals surface area contributed by atoms with E-state index in [4.69, 9.17) is 9.47 Å². The summed E-state index contributed by atoms with van der Waals surface area (Å²) in [4.78, 5) is 55.0. The third-order valence-corrected chi connectivity index (χ3v) is 14.4. The predicted octanol–water partition coefficient (Wildman–Crippen LogP) is 4.97. The third-order valence-electron chi connectivity index (χ3n) is 14.4. The minimum absolute atomic E-state index is 0.0331. The number of hydrogen-bond donors (Lipinski definition) is 2. The monoisotopic (exact) mass is 803 g/mol. The molecule has 2 aromatic carbocycles. The molecule has 1 spiro atoms. The van der Waals surface area contributed by atoms with Crippen molar-refractivity contribution in [1.29, 1.82) is 0 Å². The first-order valence-corrected chi connectivity index (χ1v) is 21.4. The second-order valence-electron chi connectivity index (χ2n) is 18.4. The normalized spacial score (nSPS) is 26.5. The number of hydrogen-bond acceptors (Lipinski definition) is 11. The lowest BCUT2D eigenvalue weighted by atomic mass is 9.71. The van der Waals surface area contributed by atoms with Crippen molar-refractivity contribution in [3.05, 3.63) is 59.7 Å². The van der Waals surface area contributed by atoms with Crippen LogP contribution in [-0.4, -0.2) is 117 Å². The second kappa shape index (κ2) is 14.0. The molecular formula is C44H50FN9O5. The maximum atomic E-state index is 15.9. The number of nitrogens with zero attached hydrogens (tertiary/aromatic N) is 7. The summed E-state index contributed by atoms with van der Waals surface area (Å²) in [5.74, 6) is 0.234. The van der Waals surface area contributed by atoms with Crippen LogP contribution >= 0.6 is 0 Å². The van der Waals surface area contributed by atoms with E-state index in [2.05, 4.69) is 59.2 Å². The van der Waals surface area contributed by atoms with Crippen molar-refractivity contribution in [2.75, 3.05) is 49.1 Å². The highest BCUT2D eigenvalue weighted by Crippen LogP contribution is 2.45. The topological polar surface area (TPSA) is 149 Å². The van der Waals surface area contributed by atoms with Crippen molar-refractivity contribution >= 4 is 40.1 Å². The van der Waals surface area contributed by atoms with Crippen molar-refractivity contribution in [3.8, 4) is 17.1 Å². The molecule has 1 atom stereocenters.